The van der Waals surface area contributed by atoms with E-state index in [0.29, 0.717) is 10.9 Å². The monoisotopic (exact) mass is 375 g/mol. The first-order valence-electron chi connectivity index (χ1n) is 7.97. The van der Waals surface area contributed by atoms with Crippen molar-refractivity contribution < 1.29 is 9.66 Å². The molecule has 1 aromatic heterocycles. The summed E-state index contributed by atoms with van der Waals surface area (Å²) in [5.41, 5.74) is 6.23. The van der Waals surface area contributed by atoms with Gasteiger partial charge in [-0.2, -0.15) is 5.10 Å². The number of non-ortho nitro benzene ring substituents is 1. The highest BCUT2D eigenvalue weighted by molar-refractivity contribution is 7.80. The van der Waals surface area contributed by atoms with Crippen molar-refractivity contribution in [3.63, 3.8) is 0 Å². The van der Waals surface area contributed by atoms with Gasteiger partial charge in [-0.1, -0.05) is 0 Å². The fourth-order valence-corrected chi connectivity index (χ4v) is 2.81. The molecule has 0 radical (unpaired) electrons. The number of hydrogen-bond donors (Lipinski definition) is 2. The van der Waals surface area contributed by atoms with E-state index in [0.717, 1.165) is 29.2 Å². The molecule has 1 aromatic carbocycles. The van der Waals surface area contributed by atoms with E-state index in [2.05, 4.69) is 15.8 Å². The van der Waals surface area contributed by atoms with Gasteiger partial charge in [0.25, 0.3) is 5.69 Å². The van der Waals surface area contributed by atoms with Crippen LogP contribution in [0.2, 0.25) is 0 Å². The molecule has 2 aromatic rings. The summed E-state index contributed by atoms with van der Waals surface area (Å²) in [5, 5.41) is 18.5. The van der Waals surface area contributed by atoms with Crippen molar-refractivity contribution in [2.45, 2.75) is 20.8 Å². The van der Waals surface area contributed by atoms with Gasteiger partial charge >= 0.3 is 0 Å². The van der Waals surface area contributed by atoms with E-state index < -0.39 is 4.92 Å². The Morgan fingerprint density at radius 1 is 1.42 bits per heavy atom. The lowest BCUT2D eigenvalue weighted by Gasteiger charge is -2.13. The number of thiocarbonyl (C=S) groups is 1. The third-order valence-corrected chi connectivity index (χ3v) is 4.03. The normalized spacial score (nSPS) is 10.8. The standard InChI is InChI=1S/C17H21N5O3S/c1-5-18-17(26)20-19-10-13-8-11(2)21(12(13)3)15-7-6-14(22(23)24)9-16(15)25-4/h6-10H,5H2,1-4H3,(H2,18,20,26)/b19-10-. The van der Waals surface area contributed by atoms with E-state index in [9.17, 15) is 10.1 Å². The maximum Gasteiger partial charge on any atom is 0.273 e. The Labute approximate surface area is 157 Å². The van der Waals surface area contributed by atoms with Crippen LogP contribution >= 0.6 is 12.2 Å². The van der Waals surface area contributed by atoms with Gasteiger partial charge in [-0.25, -0.2) is 0 Å². The van der Waals surface area contributed by atoms with Crippen LogP contribution in [0, 0.1) is 24.0 Å². The minimum absolute atomic E-state index is 0.0176. The number of rotatable bonds is 6. The van der Waals surface area contributed by atoms with Crippen LogP contribution in [0.4, 0.5) is 5.69 Å². The fraction of sp³-hybridized carbons (Fsp3) is 0.294. The summed E-state index contributed by atoms with van der Waals surface area (Å²) in [6.45, 7) is 6.55. The van der Waals surface area contributed by atoms with Crippen molar-refractivity contribution in [3.8, 4) is 11.4 Å². The van der Waals surface area contributed by atoms with Gasteiger partial charge in [0.15, 0.2) is 5.11 Å². The molecule has 8 nitrogen and oxygen atoms in total. The van der Waals surface area contributed by atoms with Crippen molar-refractivity contribution in [1.29, 1.82) is 0 Å². The van der Waals surface area contributed by atoms with Crippen LogP contribution in [-0.4, -0.2) is 34.5 Å². The molecule has 0 saturated carbocycles. The molecule has 0 amide bonds. The summed E-state index contributed by atoms with van der Waals surface area (Å²) in [4.78, 5) is 10.5. The Kier molecular flexibility index (Phi) is 6.29. The van der Waals surface area contributed by atoms with Crippen LogP contribution in [0.5, 0.6) is 5.75 Å². The SMILES string of the molecule is CCNC(=S)N/N=C\c1cc(C)n(-c2ccc([N+](=O)[O-])cc2OC)c1C. The molecule has 2 N–H and O–H groups in total. The number of aryl methyl sites for hydroxylation is 1. The van der Waals surface area contributed by atoms with E-state index in [-0.39, 0.29) is 5.69 Å². The predicted molar refractivity (Wildman–Crippen MR) is 105 cm³/mol. The molecule has 138 valence electrons. The van der Waals surface area contributed by atoms with E-state index in [1.807, 2.05) is 31.4 Å². The number of nitrogens with zero attached hydrogens (tertiary/aromatic N) is 3. The number of nitro groups is 1. The predicted octanol–water partition coefficient (Wildman–Crippen LogP) is 2.83. The molecule has 0 fully saturated rings. The molecule has 0 aliphatic heterocycles. The molecule has 2 rings (SSSR count). The summed E-state index contributed by atoms with van der Waals surface area (Å²) >= 11 is 5.06. The third-order valence-electron chi connectivity index (χ3n) is 3.79. The molecule has 0 atom stereocenters. The summed E-state index contributed by atoms with van der Waals surface area (Å²) in [5.74, 6) is 0.427. The van der Waals surface area contributed by atoms with Crippen molar-refractivity contribution in [2.24, 2.45) is 5.10 Å². The molecule has 9 heteroatoms. The summed E-state index contributed by atoms with van der Waals surface area (Å²) in [6, 6.07) is 6.52. The van der Waals surface area contributed by atoms with Gasteiger partial charge < -0.3 is 14.6 Å². The fourth-order valence-electron chi connectivity index (χ4n) is 2.61. The second-order valence-electron chi connectivity index (χ2n) is 5.50. The second-order valence-corrected chi connectivity index (χ2v) is 5.91. The number of hydrazone groups is 1. The second kappa shape index (κ2) is 8.43. The number of aromatic nitrogens is 1. The van der Waals surface area contributed by atoms with Gasteiger partial charge in [0.2, 0.25) is 0 Å². The molecule has 1 heterocycles. The van der Waals surface area contributed by atoms with Gasteiger partial charge in [0.05, 0.1) is 30.0 Å². The van der Waals surface area contributed by atoms with Crippen LogP contribution in [0.3, 0.4) is 0 Å². The van der Waals surface area contributed by atoms with Crippen molar-refractivity contribution >= 4 is 29.2 Å². The lowest BCUT2D eigenvalue weighted by Crippen LogP contribution is -2.31. The van der Waals surface area contributed by atoms with E-state index in [1.165, 1.54) is 19.2 Å². The summed E-state index contributed by atoms with van der Waals surface area (Å²) < 4.78 is 7.32. The van der Waals surface area contributed by atoms with Crippen molar-refractivity contribution in [2.75, 3.05) is 13.7 Å². The topological polar surface area (TPSA) is 93.7 Å². The number of ether oxygens (including phenoxy) is 1. The van der Waals surface area contributed by atoms with E-state index in [4.69, 9.17) is 17.0 Å². The Morgan fingerprint density at radius 3 is 2.77 bits per heavy atom. The number of hydrogen-bond acceptors (Lipinski definition) is 5. The lowest BCUT2D eigenvalue weighted by molar-refractivity contribution is -0.384. The van der Waals surface area contributed by atoms with Crippen LogP contribution in [0.1, 0.15) is 23.9 Å². The van der Waals surface area contributed by atoms with Crippen LogP contribution < -0.4 is 15.5 Å². The number of methoxy groups -OCH3 is 1. The molecule has 0 bridgehead atoms. The van der Waals surface area contributed by atoms with Crippen LogP contribution in [-0.2, 0) is 0 Å². The zero-order chi connectivity index (χ0) is 19.3. The Bertz CT molecular complexity index is 860. The minimum atomic E-state index is -0.446. The zero-order valence-corrected chi connectivity index (χ0v) is 15.9. The maximum absolute atomic E-state index is 11.0. The molecule has 0 spiro atoms. The Morgan fingerprint density at radius 2 is 2.15 bits per heavy atom. The van der Waals surface area contributed by atoms with Crippen molar-refractivity contribution in [3.05, 3.63) is 51.3 Å². The minimum Gasteiger partial charge on any atom is -0.494 e. The van der Waals surface area contributed by atoms with E-state index >= 15 is 0 Å². The number of benzene rings is 1. The lowest BCUT2D eigenvalue weighted by atomic mass is 10.2. The van der Waals surface area contributed by atoms with Crippen LogP contribution in [0.25, 0.3) is 5.69 Å². The molecule has 0 aliphatic rings. The first-order valence-corrected chi connectivity index (χ1v) is 8.38. The van der Waals surface area contributed by atoms with Gasteiger partial charge in [0, 0.05) is 29.6 Å². The van der Waals surface area contributed by atoms with Gasteiger partial charge in [-0.3, -0.25) is 15.5 Å². The molecule has 0 unspecified atom stereocenters. The quantitative estimate of drug-likeness (QED) is 0.349. The molecular formula is C17H21N5O3S. The van der Waals surface area contributed by atoms with Gasteiger partial charge in [-0.15, -0.1) is 0 Å². The highest BCUT2D eigenvalue weighted by Crippen LogP contribution is 2.31. The van der Waals surface area contributed by atoms with E-state index in [1.54, 1.807) is 12.3 Å². The first-order chi connectivity index (χ1) is 12.4. The van der Waals surface area contributed by atoms with Crippen molar-refractivity contribution in [1.82, 2.24) is 15.3 Å². The molecule has 26 heavy (non-hydrogen) atoms. The summed E-state index contributed by atoms with van der Waals surface area (Å²) in [6.07, 6.45) is 1.68. The summed E-state index contributed by atoms with van der Waals surface area (Å²) in [7, 11) is 1.49. The first kappa shape index (κ1) is 19.4. The van der Waals surface area contributed by atoms with Gasteiger partial charge in [0.1, 0.15) is 5.75 Å². The Hall–Kier alpha value is -2.94. The zero-order valence-electron chi connectivity index (χ0n) is 15.1. The van der Waals surface area contributed by atoms with Gasteiger partial charge in [-0.05, 0) is 45.1 Å². The highest BCUT2D eigenvalue weighted by Gasteiger charge is 2.16. The molecule has 0 aliphatic carbocycles. The average molecular weight is 375 g/mol. The molecular weight excluding hydrogens is 354 g/mol. The number of nitrogens with one attached hydrogen (secondary N) is 2. The largest absolute Gasteiger partial charge is 0.494 e. The molecule has 0 saturated heterocycles. The smallest absolute Gasteiger partial charge is 0.273 e. The number of nitro benzene ring substituents is 1. The average Bonchev–Trinajstić information content (AvgIpc) is 2.88. The third kappa shape index (κ3) is 4.17. The van der Waals surface area contributed by atoms with Crippen LogP contribution in [0.15, 0.2) is 29.4 Å². The maximum atomic E-state index is 11.0. The Balaban J connectivity index is 2.37. The highest BCUT2D eigenvalue weighted by atomic mass is 32.1.